The molecule has 0 amide bonds. The van der Waals surface area contributed by atoms with Crippen molar-refractivity contribution in [1.82, 2.24) is 15.0 Å². The number of aromatic nitrogens is 3. The molecule has 0 saturated heterocycles. The zero-order valence-corrected chi connectivity index (χ0v) is 11.9. The predicted octanol–water partition coefficient (Wildman–Crippen LogP) is 4.64. The fourth-order valence-corrected chi connectivity index (χ4v) is 3.09. The molecule has 1 aliphatic carbocycles. The van der Waals surface area contributed by atoms with E-state index in [9.17, 15) is 0 Å². The van der Waals surface area contributed by atoms with Gasteiger partial charge in [-0.25, -0.2) is 4.98 Å². The van der Waals surface area contributed by atoms with Crippen molar-refractivity contribution in [1.29, 1.82) is 0 Å². The second-order valence-corrected chi connectivity index (χ2v) is 5.48. The van der Waals surface area contributed by atoms with E-state index in [1.807, 2.05) is 42.6 Å². The van der Waals surface area contributed by atoms with Crippen LogP contribution in [0.25, 0.3) is 34.1 Å². The van der Waals surface area contributed by atoms with Gasteiger partial charge in [0.15, 0.2) is 0 Å². The lowest BCUT2D eigenvalue weighted by Gasteiger charge is -1.96. The van der Waals surface area contributed by atoms with Crippen LogP contribution >= 0.6 is 11.3 Å². The molecule has 0 aliphatic heterocycles. The molecule has 0 atom stereocenters. The number of aromatic amines is 1. The highest BCUT2D eigenvalue weighted by molar-refractivity contribution is 7.13. The summed E-state index contributed by atoms with van der Waals surface area (Å²) in [4.78, 5) is 12.3. The van der Waals surface area contributed by atoms with Gasteiger partial charge in [0.2, 0.25) is 0 Å². The Morgan fingerprint density at radius 1 is 1.24 bits per heavy atom. The molecule has 0 aromatic carbocycles. The molecule has 1 aliphatic rings. The van der Waals surface area contributed by atoms with Gasteiger partial charge >= 0.3 is 0 Å². The highest BCUT2D eigenvalue weighted by atomic mass is 32.1. The summed E-state index contributed by atoms with van der Waals surface area (Å²) in [6, 6.07) is 5.87. The molecule has 102 valence electrons. The first kappa shape index (κ1) is 12.1. The number of pyridine rings is 1. The number of hydrogen-bond donors (Lipinski definition) is 1. The van der Waals surface area contributed by atoms with Crippen molar-refractivity contribution in [2.24, 2.45) is 0 Å². The molecule has 0 saturated carbocycles. The van der Waals surface area contributed by atoms with Crippen LogP contribution in [-0.2, 0) is 0 Å². The van der Waals surface area contributed by atoms with Gasteiger partial charge in [-0.05, 0) is 18.2 Å². The molecule has 3 aromatic heterocycles. The topological polar surface area (TPSA) is 41.6 Å². The molecule has 3 aromatic rings. The number of allylic oxidation sites excluding steroid dienone is 2. The van der Waals surface area contributed by atoms with E-state index in [-0.39, 0.29) is 1.43 Å². The van der Waals surface area contributed by atoms with Crippen molar-refractivity contribution in [3.8, 4) is 22.0 Å². The Hall–Kier alpha value is -2.68. The van der Waals surface area contributed by atoms with E-state index in [2.05, 4.69) is 27.2 Å². The third-order valence-corrected chi connectivity index (χ3v) is 4.16. The van der Waals surface area contributed by atoms with Crippen molar-refractivity contribution >= 4 is 23.5 Å². The van der Waals surface area contributed by atoms with Crippen molar-refractivity contribution < 1.29 is 1.43 Å². The highest BCUT2D eigenvalue weighted by Gasteiger charge is 2.13. The van der Waals surface area contributed by atoms with E-state index in [4.69, 9.17) is 4.98 Å². The average molecular weight is 291 g/mol. The Morgan fingerprint density at radius 2 is 2.24 bits per heavy atom. The van der Waals surface area contributed by atoms with Gasteiger partial charge in [0.25, 0.3) is 0 Å². The SMILES string of the molecule is C1=CC=Cc2c(-c3csc(-c4ccccn4)n3)c[nH]c2C=1.[HH]. The lowest BCUT2D eigenvalue weighted by molar-refractivity contribution is 1.29. The number of fused-ring (bicyclic) bond motifs is 1. The molecule has 0 fully saturated rings. The summed E-state index contributed by atoms with van der Waals surface area (Å²) in [6.45, 7) is 0. The molecule has 3 heterocycles. The summed E-state index contributed by atoms with van der Waals surface area (Å²) in [7, 11) is 0. The van der Waals surface area contributed by atoms with Gasteiger partial charge in [-0.15, -0.1) is 17.1 Å². The second kappa shape index (κ2) is 5.02. The maximum atomic E-state index is 4.72. The summed E-state index contributed by atoms with van der Waals surface area (Å²) in [5.41, 5.74) is 8.29. The Kier molecular flexibility index (Phi) is 2.89. The minimum absolute atomic E-state index is 0. The van der Waals surface area contributed by atoms with Crippen molar-refractivity contribution in [2.45, 2.75) is 0 Å². The minimum Gasteiger partial charge on any atom is -0.360 e. The standard InChI is InChI=1S/C17H11N3S.H2/c1-2-6-12-13(10-19-14(12)7-3-1)16-11-21-17(20-16)15-8-4-5-9-18-15;/h1-2,4-11,19H;1H. The maximum Gasteiger partial charge on any atom is 0.142 e. The zero-order chi connectivity index (χ0) is 14.1. The number of rotatable bonds is 2. The second-order valence-electron chi connectivity index (χ2n) is 4.62. The fraction of sp³-hybridized carbons (Fsp3) is 0. The first-order valence-electron chi connectivity index (χ1n) is 6.59. The quantitative estimate of drug-likeness (QED) is 0.699. The molecule has 4 heteroatoms. The van der Waals surface area contributed by atoms with E-state index < -0.39 is 0 Å². The Bertz CT molecular complexity index is 884. The van der Waals surface area contributed by atoms with E-state index >= 15 is 0 Å². The lowest BCUT2D eigenvalue weighted by Crippen LogP contribution is -1.83. The van der Waals surface area contributed by atoms with Crippen LogP contribution in [0.1, 0.15) is 12.7 Å². The van der Waals surface area contributed by atoms with Crippen LogP contribution in [0.2, 0.25) is 0 Å². The first-order chi connectivity index (χ1) is 10.4. The van der Waals surface area contributed by atoms with Crippen LogP contribution in [-0.4, -0.2) is 15.0 Å². The summed E-state index contributed by atoms with van der Waals surface area (Å²) < 4.78 is 0. The molecule has 0 unspecified atom stereocenters. The number of H-pyrrole nitrogens is 1. The molecule has 4 rings (SSSR count). The molecular formula is C17H13N3S. The Morgan fingerprint density at radius 3 is 3.14 bits per heavy atom. The van der Waals surface area contributed by atoms with Crippen LogP contribution in [0.4, 0.5) is 0 Å². The monoisotopic (exact) mass is 291 g/mol. The number of thiazole rings is 1. The maximum absolute atomic E-state index is 4.72. The van der Waals surface area contributed by atoms with Crippen LogP contribution in [0.3, 0.4) is 0 Å². The molecule has 1 N–H and O–H groups in total. The van der Waals surface area contributed by atoms with E-state index in [1.165, 1.54) is 0 Å². The van der Waals surface area contributed by atoms with E-state index in [1.54, 1.807) is 17.5 Å². The third-order valence-electron chi connectivity index (χ3n) is 3.30. The lowest BCUT2D eigenvalue weighted by atomic mass is 10.1. The van der Waals surface area contributed by atoms with Gasteiger partial charge in [-0.2, -0.15) is 0 Å². The van der Waals surface area contributed by atoms with Crippen LogP contribution in [0.5, 0.6) is 0 Å². The molecule has 3 nitrogen and oxygen atoms in total. The number of hydrogen-bond acceptors (Lipinski definition) is 3. The Labute approximate surface area is 127 Å². The Balaban J connectivity index is 0.00000144. The average Bonchev–Trinajstić information content (AvgIpc) is 3.10. The largest absolute Gasteiger partial charge is 0.360 e. The number of nitrogens with one attached hydrogen (secondary N) is 1. The molecule has 0 radical (unpaired) electrons. The molecule has 0 bridgehead atoms. The normalized spacial score (nSPS) is 12.4. The van der Waals surface area contributed by atoms with E-state index in [0.717, 1.165) is 33.2 Å². The zero-order valence-electron chi connectivity index (χ0n) is 11.1. The summed E-state index contributed by atoms with van der Waals surface area (Å²) in [5, 5.41) is 3.01. The van der Waals surface area contributed by atoms with Crippen molar-refractivity contribution in [3.63, 3.8) is 0 Å². The molecule has 0 spiro atoms. The van der Waals surface area contributed by atoms with Gasteiger partial charge in [0.05, 0.1) is 17.1 Å². The smallest absolute Gasteiger partial charge is 0.142 e. The van der Waals surface area contributed by atoms with Gasteiger partial charge in [-0.3, -0.25) is 4.98 Å². The molecular weight excluding hydrogens is 278 g/mol. The molecule has 21 heavy (non-hydrogen) atoms. The van der Waals surface area contributed by atoms with Crippen LogP contribution in [0.15, 0.2) is 53.9 Å². The van der Waals surface area contributed by atoms with Gasteiger partial charge in [-0.1, -0.05) is 18.2 Å². The van der Waals surface area contributed by atoms with Gasteiger partial charge < -0.3 is 4.98 Å². The van der Waals surface area contributed by atoms with Gasteiger partial charge in [0, 0.05) is 36.4 Å². The van der Waals surface area contributed by atoms with Gasteiger partial charge in [0.1, 0.15) is 5.01 Å². The van der Waals surface area contributed by atoms with Crippen molar-refractivity contribution in [2.75, 3.05) is 0 Å². The number of nitrogens with zero attached hydrogens (tertiary/aromatic N) is 2. The van der Waals surface area contributed by atoms with Crippen molar-refractivity contribution in [3.05, 3.63) is 65.1 Å². The minimum atomic E-state index is 0. The third kappa shape index (κ3) is 2.17. The van der Waals surface area contributed by atoms with Crippen LogP contribution < -0.4 is 0 Å². The first-order valence-corrected chi connectivity index (χ1v) is 7.47. The predicted molar refractivity (Wildman–Crippen MR) is 88.8 cm³/mol. The van der Waals surface area contributed by atoms with Crippen LogP contribution in [0, 0.1) is 0 Å². The summed E-state index contributed by atoms with van der Waals surface area (Å²) >= 11 is 1.61. The summed E-state index contributed by atoms with van der Waals surface area (Å²) in [5.74, 6) is 0. The summed E-state index contributed by atoms with van der Waals surface area (Å²) in [6.07, 6.45) is 11.7. The fourth-order valence-electron chi connectivity index (χ4n) is 2.30. The highest BCUT2D eigenvalue weighted by Crippen LogP contribution is 2.32. The van der Waals surface area contributed by atoms with E-state index in [0.29, 0.717) is 0 Å².